The first kappa shape index (κ1) is 18.9. The van der Waals surface area contributed by atoms with Gasteiger partial charge < -0.3 is 5.32 Å². The van der Waals surface area contributed by atoms with Crippen LogP contribution in [0.15, 0.2) is 47.4 Å². The number of nitrogens with zero attached hydrogens (tertiary/aromatic N) is 1. The average Bonchev–Trinajstić information content (AvgIpc) is 2.86. The first-order valence-corrected chi connectivity index (χ1v) is 9.42. The highest BCUT2D eigenvalue weighted by atomic mass is 35.5. The number of nitrogens with one attached hydrogen (secondary N) is 1. The number of hydrogen-bond acceptors (Lipinski definition) is 4. The third kappa shape index (κ3) is 3.94. The summed E-state index contributed by atoms with van der Waals surface area (Å²) in [5.41, 5.74) is 1.71. The molecule has 2 amide bonds. The third-order valence-electron chi connectivity index (χ3n) is 3.66. The van der Waals surface area contributed by atoms with Crippen molar-refractivity contribution in [2.75, 3.05) is 12.4 Å². The number of anilines is 1. The van der Waals surface area contributed by atoms with Gasteiger partial charge >= 0.3 is 0 Å². The molecule has 2 aromatic carbocycles. The monoisotopic (exact) mass is 422 g/mol. The lowest BCUT2D eigenvalue weighted by atomic mass is 10.1. The van der Waals surface area contributed by atoms with Crippen LogP contribution in [-0.2, 0) is 4.79 Å². The zero-order valence-electron chi connectivity index (χ0n) is 13.5. The fourth-order valence-corrected chi connectivity index (χ4v) is 3.75. The summed E-state index contributed by atoms with van der Waals surface area (Å²) >= 11 is 18.4. The molecule has 26 heavy (non-hydrogen) atoms. The molecule has 0 aliphatic carbocycles. The van der Waals surface area contributed by atoms with E-state index in [2.05, 4.69) is 5.32 Å². The summed E-state index contributed by atoms with van der Waals surface area (Å²) in [6.07, 6.45) is 1.75. The number of thiocarbonyl (C=S) groups is 1. The van der Waals surface area contributed by atoms with E-state index >= 15 is 0 Å². The van der Waals surface area contributed by atoms with Crippen LogP contribution in [0.3, 0.4) is 0 Å². The van der Waals surface area contributed by atoms with Crippen molar-refractivity contribution in [3.63, 3.8) is 0 Å². The zero-order chi connectivity index (χ0) is 18.8. The molecular formula is C18H12Cl2N2O2S2. The maximum Gasteiger partial charge on any atom is 0.265 e. The number of likely N-dealkylation sites (N-methyl/N-ethyl adjacent to an activating group) is 1. The minimum Gasteiger partial charge on any atom is -0.321 e. The van der Waals surface area contributed by atoms with Gasteiger partial charge in [0.25, 0.3) is 11.8 Å². The van der Waals surface area contributed by atoms with Gasteiger partial charge in [0.1, 0.15) is 4.32 Å². The number of carbonyl (C=O) groups excluding carboxylic acids is 2. The van der Waals surface area contributed by atoms with E-state index in [1.807, 2.05) is 0 Å². The second-order valence-corrected chi connectivity index (χ2v) is 7.88. The standard InChI is InChI=1S/C18H12Cl2N2O2S2/c1-22-17(24)14(26-18(22)25)9-10-5-7-11(8-6-10)16(23)21-13-4-2-3-12(19)15(13)20/h2-9H,1H3,(H,21,23)/b14-9+. The van der Waals surface area contributed by atoms with Crippen LogP contribution in [0.2, 0.25) is 10.0 Å². The van der Waals surface area contributed by atoms with Crippen molar-refractivity contribution >= 4 is 75.1 Å². The van der Waals surface area contributed by atoms with Crippen LogP contribution in [0.4, 0.5) is 5.69 Å². The Balaban J connectivity index is 1.75. The molecule has 0 radical (unpaired) electrons. The van der Waals surface area contributed by atoms with Crippen molar-refractivity contribution in [2.45, 2.75) is 0 Å². The Morgan fingerprint density at radius 3 is 2.50 bits per heavy atom. The molecule has 1 fully saturated rings. The Morgan fingerprint density at radius 1 is 1.19 bits per heavy atom. The summed E-state index contributed by atoms with van der Waals surface area (Å²) in [5, 5.41) is 3.39. The highest BCUT2D eigenvalue weighted by Crippen LogP contribution is 2.32. The molecule has 0 unspecified atom stereocenters. The quantitative estimate of drug-likeness (QED) is 0.553. The SMILES string of the molecule is CN1C(=O)/C(=C\c2ccc(C(=O)Nc3cccc(Cl)c3Cl)cc2)SC1=S. The van der Waals surface area contributed by atoms with Crippen LogP contribution in [0.1, 0.15) is 15.9 Å². The average molecular weight is 423 g/mol. The van der Waals surface area contributed by atoms with E-state index in [4.69, 9.17) is 35.4 Å². The minimum atomic E-state index is -0.305. The van der Waals surface area contributed by atoms with Gasteiger partial charge in [0.2, 0.25) is 0 Å². The Labute approximate surface area is 170 Å². The Hall–Kier alpha value is -1.86. The zero-order valence-corrected chi connectivity index (χ0v) is 16.6. The topological polar surface area (TPSA) is 49.4 Å². The van der Waals surface area contributed by atoms with E-state index < -0.39 is 0 Å². The maximum atomic E-state index is 12.4. The summed E-state index contributed by atoms with van der Waals surface area (Å²) in [6.45, 7) is 0. The molecule has 4 nitrogen and oxygen atoms in total. The summed E-state index contributed by atoms with van der Waals surface area (Å²) in [5.74, 6) is -0.432. The number of rotatable bonds is 3. The lowest BCUT2D eigenvalue weighted by Crippen LogP contribution is -2.22. The fourth-order valence-electron chi connectivity index (χ4n) is 2.22. The Kier molecular flexibility index (Phi) is 5.67. The van der Waals surface area contributed by atoms with E-state index in [0.29, 0.717) is 30.5 Å². The summed E-state index contributed by atoms with van der Waals surface area (Å²) in [7, 11) is 1.65. The van der Waals surface area contributed by atoms with Gasteiger partial charge in [-0.2, -0.15) is 0 Å². The molecule has 1 aliphatic rings. The van der Waals surface area contributed by atoms with Crippen molar-refractivity contribution < 1.29 is 9.59 Å². The second kappa shape index (κ2) is 7.80. The largest absolute Gasteiger partial charge is 0.321 e. The van der Waals surface area contributed by atoms with Crippen LogP contribution < -0.4 is 5.32 Å². The number of thioether (sulfide) groups is 1. The van der Waals surface area contributed by atoms with Crippen LogP contribution in [0.25, 0.3) is 6.08 Å². The van der Waals surface area contributed by atoms with Crippen molar-refractivity contribution in [2.24, 2.45) is 0 Å². The summed E-state index contributed by atoms with van der Waals surface area (Å²) < 4.78 is 0.524. The predicted molar refractivity (Wildman–Crippen MR) is 112 cm³/mol. The third-order valence-corrected chi connectivity index (χ3v) is 5.96. The normalized spacial score (nSPS) is 15.7. The maximum absolute atomic E-state index is 12.4. The molecule has 0 aromatic heterocycles. The molecule has 0 bridgehead atoms. The van der Waals surface area contributed by atoms with Crippen molar-refractivity contribution in [3.05, 3.63) is 68.5 Å². The fraction of sp³-hybridized carbons (Fsp3) is 0.0556. The molecular weight excluding hydrogens is 411 g/mol. The first-order valence-electron chi connectivity index (χ1n) is 7.44. The molecule has 0 saturated carbocycles. The minimum absolute atomic E-state index is 0.127. The van der Waals surface area contributed by atoms with Gasteiger partial charge in [-0.25, -0.2) is 0 Å². The summed E-state index contributed by atoms with van der Waals surface area (Å²) in [6, 6.07) is 11.9. The number of benzene rings is 2. The molecule has 1 N–H and O–H groups in total. The lowest BCUT2D eigenvalue weighted by molar-refractivity contribution is -0.121. The molecule has 1 aliphatic heterocycles. The molecule has 3 rings (SSSR count). The van der Waals surface area contributed by atoms with E-state index in [1.54, 1.807) is 55.6 Å². The Bertz CT molecular complexity index is 943. The second-order valence-electron chi connectivity index (χ2n) is 5.42. The number of hydrogen-bond donors (Lipinski definition) is 1. The van der Waals surface area contributed by atoms with E-state index in [0.717, 1.165) is 5.56 Å². The van der Waals surface area contributed by atoms with Crippen LogP contribution in [-0.4, -0.2) is 28.1 Å². The van der Waals surface area contributed by atoms with Crippen LogP contribution in [0.5, 0.6) is 0 Å². The molecule has 1 saturated heterocycles. The molecule has 0 atom stereocenters. The van der Waals surface area contributed by atoms with Gasteiger partial charge in [0.15, 0.2) is 0 Å². The van der Waals surface area contributed by atoms with Crippen molar-refractivity contribution in [1.82, 2.24) is 4.90 Å². The van der Waals surface area contributed by atoms with Gasteiger partial charge in [0, 0.05) is 12.6 Å². The molecule has 132 valence electrons. The van der Waals surface area contributed by atoms with E-state index in [-0.39, 0.29) is 11.8 Å². The highest BCUT2D eigenvalue weighted by molar-refractivity contribution is 8.26. The van der Waals surface area contributed by atoms with Gasteiger partial charge in [-0.15, -0.1) is 0 Å². The molecule has 8 heteroatoms. The summed E-state index contributed by atoms with van der Waals surface area (Å²) in [4.78, 5) is 26.4. The highest BCUT2D eigenvalue weighted by Gasteiger charge is 2.28. The number of halogens is 2. The Morgan fingerprint density at radius 2 is 1.88 bits per heavy atom. The lowest BCUT2D eigenvalue weighted by Gasteiger charge is -2.08. The molecule has 1 heterocycles. The van der Waals surface area contributed by atoms with E-state index in [1.165, 1.54) is 16.7 Å². The van der Waals surface area contributed by atoms with Crippen LogP contribution in [0, 0.1) is 0 Å². The van der Waals surface area contributed by atoms with Crippen molar-refractivity contribution in [1.29, 1.82) is 0 Å². The van der Waals surface area contributed by atoms with Gasteiger partial charge in [0.05, 0.1) is 20.6 Å². The predicted octanol–water partition coefficient (Wildman–Crippen LogP) is 5.08. The van der Waals surface area contributed by atoms with Crippen molar-refractivity contribution in [3.8, 4) is 0 Å². The number of carbonyl (C=O) groups is 2. The number of amides is 2. The first-order chi connectivity index (χ1) is 12.4. The van der Waals surface area contributed by atoms with Gasteiger partial charge in [-0.3, -0.25) is 14.5 Å². The van der Waals surface area contributed by atoms with Crippen LogP contribution >= 0.6 is 47.2 Å². The van der Waals surface area contributed by atoms with Gasteiger partial charge in [-0.05, 0) is 35.9 Å². The van der Waals surface area contributed by atoms with Gasteiger partial charge in [-0.1, -0.05) is 65.4 Å². The van der Waals surface area contributed by atoms with E-state index in [9.17, 15) is 9.59 Å². The molecule has 0 spiro atoms. The molecule has 2 aromatic rings. The smallest absolute Gasteiger partial charge is 0.265 e.